The molecule has 2 fully saturated rings. The van der Waals surface area contributed by atoms with Gasteiger partial charge in [-0.25, -0.2) is 0 Å². The maximum atomic E-state index is 11.7. The van der Waals surface area contributed by atoms with E-state index in [-0.39, 0.29) is 18.1 Å². The van der Waals surface area contributed by atoms with Gasteiger partial charge in [0.25, 0.3) is 0 Å². The molecule has 1 N–H and O–H groups in total. The highest BCUT2D eigenvalue weighted by Crippen LogP contribution is 2.42. The molecule has 172 valence electrons. The van der Waals surface area contributed by atoms with Gasteiger partial charge < -0.3 is 19.5 Å². The fraction of sp³-hybridized carbons (Fsp3) is 0.560. The van der Waals surface area contributed by atoms with E-state index < -0.39 is 0 Å². The molecular formula is C25H34N4O2S. The summed E-state index contributed by atoms with van der Waals surface area (Å²) in [6.07, 6.45) is 9.39. The second-order valence-corrected chi connectivity index (χ2v) is 9.37. The number of aromatic nitrogens is 2. The SMILES string of the molecule is COC(=O)CCCN1C(=S)N[C@@H](c2ccccn2)[C@H]1c1cc(C)n(C2CCCCC2)c1C. The molecule has 0 aromatic carbocycles. The molecule has 6 nitrogen and oxygen atoms in total. The van der Waals surface area contributed by atoms with E-state index in [1.54, 1.807) is 0 Å². The summed E-state index contributed by atoms with van der Waals surface area (Å²) in [5.41, 5.74) is 4.92. The third-order valence-electron chi connectivity index (χ3n) is 6.99. The molecular weight excluding hydrogens is 420 g/mol. The third kappa shape index (κ3) is 4.53. The second kappa shape index (κ2) is 10.0. The Balaban J connectivity index is 1.68. The Morgan fingerprint density at radius 2 is 2.03 bits per heavy atom. The van der Waals surface area contributed by atoms with Gasteiger partial charge in [-0.2, -0.15) is 0 Å². The van der Waals surface area contributed by atoms with Crippen molar-refractivity contribution in [3.05, 3.63) is 53.1 Å². The lowest BCUT2D eigenvalue weighted by Gasteiger charge is -2.29. The van der Waals surface area contributed by atoms with E-state index in [4.69, 9.17) is 17.0 Å². The van der Waals surface area contributed by atoms with E-state index >= 15 is 0 Å². The predicted molar refractivity (Wildman–Crippen MR) is 129 cm³/mol. The Morgan fingerprint density at radius 3 is 2.72 bits per heavy atom. The number of pyridine rings is 1. The van der Waals surface area contributed by atoms with Crippen LogP contribution in [0.3, 0.4) is 0 Å². The average Bonchev–Trinajstić information content (AvgIpc) is 3.29. The van der Waals surface area contributed by atoms with Gasteiger partial charge in [-0.15, -0.1) is 0 Å². The number of nitrogens with zero attached hydrogens (tertiary/aromatic N) is 3. The number of carbonyl (C=O) groups excluding carboxylic acids is 1. The van der Waals surface area contributed by atoms with Crippen molar-refractivity contribution in [1.29, 1.82) is 0 Å². The Labute approximate surface area is 196 Å². The molecule has 1 saturated carbocycles. The normalized spacial score (nSPS) is 21.6. The Kier molecular flexibility index (Phi) is 7.13. The van der Waals surface area contributed by atoms with Crippen LogP contribution in [0.15, 0.2) is 30.5 Å². The molecule has 0 amide bonds. The van der Waals surface area contributed by atoms with E-state index in [0.717, 1.165) is 10.8 Å². The first-order valence-corrected chi connectivity index (χ1v) is 12.1. The minimum atomic E-state index is -0.184. The summed E-state index contributed by atoms with van der Waals surface area (Å²) in [6, 6.07) is 8.96. The number of ether oxygens (including phenoxy) is 1. The molecule has 7 heteroatoms. The lowest BCUT2D eigenvalue weighted by Crippen LogP contribution is -2.31. The summed E-state index contributed by atoms with van der Waals surface area (Å²) in [7, 11) is 1.43. The summed E-state index contributed by atoms with van der Waals surface area (Å²) in [6.45, 7) is 5.17. The molecule has 0 bridgehead atoms. The molecule has 2 aromatic heterocycles. The average molecular weight is 455 g/mol. The maximum Gasteiger partial charge on any atom is 0.305 e. The van der Waals surface area contributed by atoms with Gasteiger partial charge in [0.2, 0.25) is 0 Å². The molecule has 32 heavy (non-hydrogen) atoms. The molecule has 2 atom stereocenters. The predicted octanol–water partition coefficient (Wildman–Crippen LogP) is 4.93. The number of esters is 1. The van der Waals surface area contributed by atoms with Crippen molar-refractivity contribution >= 4 is 23.3 Å². The molecule has 1 saturated heterocycles. The maximum absolute atomic E-state index is 11.7. The quantitative estimate of drug-likeness (QED) is 0.473. The van der Waals surface area contributed by atoms with E-state index in [1.165, 1.54) is 56.2 Å². The highest BCUT2D eigenvalue weighted by molar-refractivity contribution is 7.80. The van der Waals surface area contributed by atoms with Gasteiger partial charge in [0.15, 0.2) is 5.11 Å². The van der Waals surface area contributed by atoms with Gasteiger partial charge in [0.1, 0.15) is 0 Å². The largest absolute Gasteiger partial charge is 0.469 e. The highest BCUT2D eigenvalue weighted by Gasteiger charge is 2.41. The van der Waals surface area contributed by atoms with Crippen LogP contribution < -0.4 is 5.32 Å². The summed E-state index contributed by atoms with van der Waals surface area (Å²) < 4.78 is 7.38. The van der Waals surface area contributed by atoms with E-state index in [2.05, 4.69) is 45.7 Å². The number of hydrogen-bond acceptors (Lipinski definition) is 4. The van der Waals surface area contributed by atoms with Gasteiger partial charge in [0.05, 0.1) is 24.9 Å². The van der Waals surface area contributed by atoms with Gasteiger partial charge in [0, 0.05) is 36.6 Å². The van der Waals surface area contributed by atoms with Crippen LogP contribution in [0.4, 0.5) is 0 Å². The smallest absolute Gasteiger partial charge is 0.305 e. The van der Waals surface area contributed by atoms with Crippen molar-refractivity contribution in [3.8, 4) is 0 Å². The van der Waals surface area contributed by atoms with Crippen LogP contribution in [0.5, 0.6) is 0 Å². The van der Waals surface area contributed by atoms with Crippen LogP contribution in [0.2, 0.25) is 0 Å². The summed E-state index contributed by atoms with van der Waals surface area (Å²) in [4.78, 5) is 18.6. The summed E-state index contributed by atoms with van der Waals surface area (Å²) >= 11 is 5.77. The monoisotopic (exact) mass is 454 g/mol. The number of methoxy groups -OCH3 is 1. The van der Waals surface area contributed by atoms with Gasteiger partial charge in [-0.3, -0.25) is 9.78 Å². The molecule has 0 radical (unpaired) electrons. The van der Waals surface area contributed by atoms with Gasteiger partial charge >= 0.3 is 5.97 Å². The number of nitrogens with one attached hydrogen (secondary N) is 1. The lowest BCUT2D eigenvalue weighted by molar-refractivity contribution is -0.140. The van der Waals surface area contributed by atoms with Gasteiger partial charge in [-0.1, -0.05) is 25.3 Å². The van der Waals surface area contributed by atoms with E-state index in [0.29, 0.717) is 25.4 Å². The van der Waals surface area contributed by atoms with Crippen LogP contribution in [-0.2, 0) is 9.53 Å². The fourth-order valence-corrected chi connectivity index (χ4v) is 5.82. The van der Waals surface area contributed by atoms with Crippen LogP contribution in [0.1, 0.15) is 85.7 Å². The zero-order valence-corrected chi connectivity index (χ0v) is 20.2. The van der Waals surface area contributed by atoms with Crippen molar-refractivity contribution < 1.29 is 9.53 Å². The first-order chi connectivity index (χ1) is 15.5. The Hall–Kier alpha value is -2.41. The molecule has 3 heterocycles. The van der Waals surface area contributed by atoms with Crippen LogP contribution in [0.25, 0.3) is 0 Å². The molecule has 2 aliphatic rings. The van der Waals surface area contributed by atoms with E-state index in [1.807, 2.05) is 18.3 Å². The number of rotatable bonds is 7. The topological polar surface area (TPSA) is 59.4 Å². The van der Waals surface area contributed by atoms with Crippen molar-refractivity contribution in [2.45, 2.75) is 76.9 Å². The fourth-order valence-electron chi connectivity index (χ4n) is 5.48. The number of thiocarbonyl (C=S) groups is 1. The Morgan fingerprint density at radius 1 is 1.25 bits per heavy atom. The summed E-state index contributed by atoms with van der Waals surface area (Å²) in [5.74, 6) is -0.184. The first kappa shape index (κ1) is 22.8. The van der Waals surface area contributed by atoms with Crippen molar-refractivity contribution in [2.75, 3.05) is 13.7 Å². The molecule has 1 aliphatic carbocycles. The zero-order chi connectivity index (χ0) is 22.7. The second-order valence-electron chi connectivity index (χ2n) is 8.99. The third-order valence-corrected chi connectivity index (χ3v) is 7.34. The molecule has 2 aromatic rings. The lowest BCUT2D eigenvalue weighted by atomic mass is 9.94. The highest BCUT2D eigenvalue weighted by atomic mass is 32.1. The molecule has 0 spiro atoms. The van der Waals surface area contributed by atoms with Crippen LogP contribution in [0, 0.1) is 13.8 Å². The number of carbonyl (C=O) groups is 1. The van der Waals surface area contributed by atoms with Crippen molar-refractivity contribution in [1.82, 2.24) is 19.8 Å². The molecule has 1 aliphatic heterocycles. The standard InChI is InChI=1S/C25H34N4O2S/c1-17-16-20(18(2)29(17)19-10-5-4-6-11-19)24-23(21-12-7-8-14-26-21)27-25(32)28(24)15-9-13-22(30)31-3/h7-8,12,14,16,19,23-24H,4-6,9-11,13,15H2,1-3H3,(H,27,32)/t23-,24+/m0/s1. The summed E-state index contributed by atoms with van der Waals surface area (Å²) in [5, 5.41) is 4.25. The van der Waals surface area contributed by atoms with Crippen LogP contribution in [-0.4, -0.2) is 39.2 Å². The van der Waals surface area contributed by atoms with Crippen molar-refractivity contribution in [2.24, 2.45) is 0 Å². The van der Waals surface area contributed by atoms with E-state index in [9.17, 15) is 4.79 Å². The van der Waals surface area contributed by atoms with Crippen LogP contribution >= 0.6 is 12.2 Å². The number of hydrogen-bond donors (Lipinski definition) is 1. The van der Waals surface area contributed by atoms with Crippen molar-refractivity contribution in [3.63, 3.8) is 0 Å². The minimum Gasteiger partial charge on any atom is -0.469 e. The first-order valence-electron chi connectivity index (χ1n) is 11.7. The molecule has 4 rings (SSSR count). The molecule has 0 unspecified atom stereocenters. The van der Waals surface area contributed by atoms with Gasteiger partial charge in [-0.05, 0) is 69.1 Å². The Bertz CT molecular complexity index is 952. The minimum absolute atomic E-state index is 0.0258. The zero-order valence-electron chi connectivity index (χ0n) is 19.3. The number of aryl methyl sites for hydroxylation is 1.